The molecule has 1 atom stereocenters. The summed E-state index contributed by atoms with van der Waals surface area (Å²) in [6.07, 6.45) is 2.04. The number of nitrogens with zero attached hydrogens (tertiary/aromatic N) is 1. The molecule has 1 N–H and O–H groups in total. The van der Waals surface area contributed by atoms with E-state index in [0.29, 0.717) is 5.02 Å². The summed E-state index contributed by atoms with van der Waals surface area (Å²) in [5.74, 6) is -0.374. The van der Waals surface area contributed by atoms with Gasteiger partial charge in [-0.1, -0.05) is 35.5 Å². The van der Waals surface area contributed by atoms with Gasteiger partial charge in [0, 0.05) is 11.1 Å². The predicted octanol–water partition coefficient (Wildman–Crippen LogP) is 5.20. The molecule has 0 aliphatic heterocycles. The Morgan fingerprint density at radius 3 is 2.76 bits per heavy atom. The number of thioether (sulfide) groups is 1. The number of thiazole rings is 1. The number of benzene rings is 2. The van der Waals surface area contributed by atoms with Crippen molar-refractivity contribution in [2.75, 3.05) is 0 Å². The van der Waals surface area contributed by atoms with Crippen molar-refractivity contribution in [3.8, 4) is 0 Å². The topological polar surface area (TPSA) is 42.0 Å². The standard InChI is InChI=1S/C18H14ClFN2OS2/c19-11-3-8-15-14(9-11)22-18(24-15)25-16(17(23)21-13-6-7-13)10-1-4-12(20)5-2-10/h1-5,8-9,13,16H,6-7H2,(H,21,23). The Hall–Kier alpha value is -1.63. The van der Waals surface area contributed by atoms with E-state index < -0.39 is 5.25 Å². The molecule has 0 saturated heterocycles. The largest absolute Gasteiger partial charge is 0.352 e. The molecule has 1 heterocycles. The van der Waals surface area contributed by atoms with Crippen LogP contribution in [-0.4, -0.2) is 16.9 Å². The molecule has 1 saturated carbocycles. The van der Waals surface area contributed by atoms with Gasteiger partial charge in [-0.3, -0.25) is 4.79 Å². The van der Waals surface area contributed by atoms with E-state index >= 15 is 0 Å². The Labute approximate surface area is 157 Å². The lowest BCUT2D eigenvalue weighted by atomic mass is 10.1. The fourth-order valence-electron chi connectivity index (χ4n) is 2.45. The monoisotopic (exact) mass is 392 g/mol. The number of nitrogens with one attached hydrogen (secondary N) is 1. The molecule has 0 bridgehead atoms. The van der Waals surface area contributed by atoms with Crippen LogP contribution in [0, 0.1) is 5.82 Å². The average Bonchev–Trinajstić information content (AvgIpc) is 3.31. The zero-order valence-corrected chi connectivity index (χ0v) is 15.4. The molecule has 1 fully saturated rings. The summed E-state index contributed by atoms with van der Waals surface area (Å²) in [6.45, 7) is 0. The predicted molar refractivity (Wildman–Crippen MR) is 101 cm³/mol. The molecule has 1 aromatic heterocycles. The van der Waals surface area contributed by atoms with Crippen LogP contribution in [0.2, 0.25) is 5.02 Å². The summed E-state index contributed by atoms with van der Waals surface area (Å²) in [5.41, 5.74) is 1.59. The lowest BCUT2D eigenvalue weighted by Crippen LogP contribution is -2.29. The number of rotatable bonds is 5. The van der Waals surface area contributed by atoms with Crippen molar-refractivity contribution in [3.63, 3.8) is 0 Å². The van der Waals surface area contributed by atoms with Crippen molar-refractivity contribution in [3.05, 3.63) is 58.9 Å². The highest BCUT2D eigenvalue weighted by molar-refractivity contribution is 8.02. The van der Waals surface area contributed by atoms with E-state index in [1.807, 2.05) is 18.2 Å². The highest BCUT2D eigenvalue weighted by Gasteiger charge is 2.29. The van der Waals surface area contributed by atoms with Gasteiger partial charge in [0.1, 0.15) is 11.1 Å². The van der Waals surface area contributed by atoms with Gasteiger partial charge in [0.25, 0.3) is 0 Å². The molecule has 0 radical (unpaired) electrons. The van der Waals surface area contributed by atoms with Crippen molar-refractivity contribution in [1.82, 2.24) is 10.3 Å². The summed E-state index contributed by atoms with van der Waals surface area (Å²) < 4.78 is 15.1. The molecule has 3 nitrogen and oxygen atoms in total. The minimum atomic E-state index is -0.461. The molecule has 1 amide bonds. The molecule has 0 spiro atoms. The van der Waals surface area contributed by atoms with E-state index in [1.165, 1.54) is 35.2 Å². The number of carbonyl (C=O) groups is 1. The molecule has 2 aromatic carbocycles. The van der Waals surface area contributed by atoms with Gasteiger partial charge in [0.15, 0.2) is 4.34 Å². The van der Waals surface area contributed by atoms with E-state index in [-0.39, 0.29) is 17.8 Å². The van der Waals surface area contributed by atoms with Crippen LogP contribution in [0.3, 0.4) is 0 Å². The van der Waals surface area contributed by atoms with Gasteiger partial charge in [-0.25, -0.2) is 9.37 Å². The number of amides is 1. The first-order valence-electron chi connectivity index (χ1n) is 7.87. The fraction of sp³-hybridized carbons (Fsp3) is 0.222. The third kappa shape index (κ3) is 3.97. The average molecular weight is 393 g/mol. The molecule has 4 rings (SSSR count). The normalized spacial score (nSPS) is 15.3. The molecule has 1 aliphatic rings. The number of halogens is 2. The first kappa shape index (κ1) is 16.8. The highest BCUT2D eigenvalue weighted by atomic mass is 35.5. The van der Waals surface area contributed by atoms with E-state index in [0.717, 1.165) is 33.0 Å². The minimum Gasteiger partial charge on any atom is -0.352 e. The Morgan fingerprint density at radius 2 is 2.04 bits per heavy atom. The highest BCUT2D eigenvalue weighted by Crippen LogP contribution is 2.40. The Balaban J connectivity index is 1.63. The quantitative estimate of drug-likeness (QED) is 0.607. The molecule has 25 heavy (non-hydrogen) atoms. The van der Waals surface area contributed by atoms with Crippen molar-refractivity contribution in [2.45, 2.75) is 28.5 Å². The van der Waals surface area contributed by atoms with E-state index in [2.05, 4.69) is 10.3 Å². The van der Waals surface area contributed by atoms with Crippen LogP contribution in [0.4, 0.5) is 4.39 Å². The first-order valence-corrected chi connectivity index (χ1v) is 9.94. The fourth-order valence-corrected chi connectivity index (χ4v) is 4.86. The summed E-state index contributed by atoms with van der Waals surface area (Å²) >= 11 is 8.93. The van der Waals surface area contributed by atoms with Gasteiger partial charge in [0.05, 0.1) is 10.2 Å². The van der Waals surface area contributed by atoms with Crippen LogP contribution in [-0.2, 0) is 4.79 Å². The molecular formula is C18H14ClFN2OS2. The summed E-state index contributed by atoms with van der Waals surface area (Å²) in [6, 6.07) is 11.9. The van der Waals surface area contributed by atoms with E-state index in [1.54, 1.807) is 12.1 Å². The summed E-state index contributed by atoms with van der Waals surface area (Å²) in [7, 11) is 0. The molecule has 1 aliphatic carbocycles. The second kappa shape index (κ2) is 6.94. The number of aromatic nitrogens is 1. The number of carbonyl (C=O) groups excluding carboxylic acids is 1. The minimum absolute atomic E-state index is 0.0589. The summed E-state index contributed by atoms with van der Waals surface area (Å²) in [4.78, 5) is 17.3. The van der Waals surface area contributed by atoms with Gasteiger partial charge >= 0.3 is 0 Å². The molecule has 1 unspecified atom stereocenters. The first-order chi connectivity index (χ1) is 12.1. The lowest BCUT2D eigenvalue weighted by molar-refractivity contribution is -0.120. The number of hydrogen-bond donors (Lipinski definition) is 1. The van der Waals surface area contributed by atoms with Crippen LogP contribution in [0.15, 0.2) is 46.8 Å². The van der Waals surface area contributed by atoms with Crippen molar-refractivity contribution >= 4 is 50.8 Å². The van der Waals surface area contributed by atoms with E-state index in [9.17, 15) is 9.18 Å². The zero-order valence-electron chi connectivity index (χ0n) is 13.0. The molecular weight excluding hydrogens is 379 g/mol. The number of fused-ring (bicyclic) bond motifs is 1. The van der Waals surface area contributed by atoms with Gasteiger partial charge in [-0.2, -0.15) is 0 Å². The van der Waals surface area contributed by atoms with Crippen molar-refractivity contribution in [2.24, 2.45) is 0 Å². The maximum Gasteiger partial charge on any atom is 0.238 e. The zero-order chi connectivity index (χ0) is 17.4. The second-order valence-corrected chi connectivity index (χ2v) is 8.74. The Kier molecular flexibility index (Phi) is 4.67. The third-order valence-electron chi connectivity index (χ3n) is 3.88. The van der Waals surface area contributed by atoms with Gasteiger partial charge < -0.3 is 5.32 Å². The van der Waals surface area contributed by atoms with E-state index in [4.69, 9.17) is 11.6 Å². The van der Waals surface area contributed by atoms with Gasteiger partial charge in [-0.05, 0) is 48.7 Å². The number of hydrogen-bond acceptors (Lipinski definition) is 4. The van der Waals surface area contributed by atoms with Crippen molar-refractivity contribution in [1.29, 1.82) is 0 Å². The summed E-state index contributed by atoms with van der Waals surface area (Å²) in [5, 5.41) is 3.21. The van der Waals surface area contributed by atoms with Crippen LogP contribution < -0.4 is 5.32 Å². The third-order valence-corrected chi connectivity index (χ3v) is 6.50. The van der Waals surface area contributed by atoms with Gasteiger partial charge in [-0.15, -0.1) is 11.3 Å². The molecule has 128 valence electrons. The van der Waals surface area contributed by atoms with Gasteiger partial charge in [0.2, 0.25) is 5.91 Å². The molecule has 7 heteroatoms. The van der Waals surface area contributed by atoms with Crippen LogP contribution in [0.5, 0.6) is 0 Å². The van der Waals surface area contributed by atoms with Crippen molar-refractivity contribution < 1.29 is 9.18 Å². The lowest BCUT2D eigenvalue weighted by Gasteiger charge is -2.15. The maximum atomic E-state index is 13.2. The Bertz CT molecular complexity index is 924. The van der Waals surface area contributed by atoms with Crippen LogP contribution in [0.1, 0.15) is 23.7 Å². The smallest absolute Gasteiger partial charge is 0.238 e. The molecule has 3 aromatic rings. The van der Waals surface area contributed by atoms with Crippen LogP contribution in [0.25, 0.3) is 10.2 Å². The Morgan fingerprint density at radius 1 is 1.28 bits per heavy atom. The maximum absolute atomic E-state index is 13.2. The SMILES string of the molecule is O=C(NC1CC1)C(Sc1nc2cc(Cl)ccc2s1)c1ccc(F)cc1. The van der Waals surface area contributed by atoms with Crippen LogP contribution >= 0.6 is 34.7 Å². The second-order valence-electron chi connectivity index (χ2n) is 5.92.